The average Bonchev–Trinajstić information content (AvgIpc) is 2.71. The lowest BCUT2D eigenvalue weighted by molar-refractivity contribution is 0.468. The third-order valence-electron chi connectivity index (χ3n) is 3.67. The van der Waals surface area contributed by atoms with Crippen molar-refractivity contribution in [1.82, 2.24) is 9.55 Å². The van der Waals surface area contributed by atoms with Gasteiger partial charge < -0.3 is 4.57 Å². The summed E-state index contributed by atoms with van der Waals surface area (Å²) in [6.45, 7) is 6.13. The van der Waals surface area contributed by atoms with E-state index in [0.717, 1.165) is 29.7 Å². The molecule has 0 aliphatic rings. The van der Waals surface area contributed by atoms with Gasteiger partial charge in [0, 0.05) is 24.4 Å². The van der Waals surface area contributed by atoms with Crippen molar-refractivity contribution in [3.05, 3.63) is 29.3 Å². The van der Waals surface area contributed by atoms with Crippen LogP contribution in [0.5, 0.6) is 0 Å². The van der Waals surface area contributed by atoms with Crippen molar-refractivity contribution in [2.24, 2.45) is 0 Å². The maximum absolute atomic E-state index is 13.7. The molecule has 0 N–H and O–H groups in total. The first-order valence-electron chi connectivity index (χ1n) is 6.85. The number of hydrogen-bond acceptors (Lipinski definition) is 1. The maximum atomic E-state index is 13.7. The number of imidazole rings is 1. The summed E-state index contributed by atoms with van der Waals surface area (Å²) in [6.07, 6.45) is 2.79. The zero-order chi connectivity index (χ0) is 14.0. The highest BCUT2D eigenvalue weighted by Crippen LogP contribution is 2.27. The largest absolute Gasteiger partial charge is 0.325 e. The fraction of sp³-hybridized carbons (Fsp3) is 0.533. The topological polar surface area (TPSA) is 17.8 Å². The molecule has 4 heteroatoms. The monoisotopic (exact) mass is 282 g/mol. The Morgan fingerprint density at radius 1 is 1.32 bits per heavy atom. The number of halogens is 2. The van der Waals surface area contributed by atoms with E-state index in [1.54, 1.807) is 6.92 Å². The molecular weight excluding hydrogens is 263 g/mol. The van der Waals surface area contributed by atoms with Crippen LogP contribution in [0, 0.1) is 12.7 Å². The number of fused-ring (bicyclic) bond motifs is 1. The summed E-state index contributed by atoms with van der Waals surface area (Å²) >= 11 is 5.86. The molecule has 0 aliphatic heterocycles. The van der Waals surface area contributed by atoms with E-state index < -0.39 is 0 Å². The first-order valence-corrected chi connectivity index (χ1v) is 7.38. The second-order valence-electron chi connectivity index (χ2n) is 4.90. The lowest BCUT2D eigenvalue weighted by atomic mass is 10.1. The van der Waals surface area contributed by atoms with E-state index in [4.69, 9.17) is 11.6 Å². The van der Waals surface area contributed by atoms with E-state index in [1.165, 1.54) is 6.07 Å². The standard InChI is InChI=1S/C15H20ClFN2/c1-4-11(5-2)19-14-8-10(3)12(17)9-13(14)18-15(19)6-7-16/h8-9,11H,4-7H2,1-3H3. The van der Waals surface area contributed by atoms with Gasteiger partial charge in [-0.15, -0.1) is 11.6 Å². The summed E-state index contributed by atoms with van der Waals surface area (Å²) in [5, 5.41) is 0. The van der Waals surface area contributed by atoms with Crippen LogP contribution in [0.3, 0.4) is 0 Å². The van der Waals surface area contributed by atoms with Crippen molar-refractivity contribution in [2.75, 3.05) is 5.88 Å². The van der Waals surface area contributed by atoms with Gasteiger partial charge in [0.1, 0.15) is 11.6 Å². The van der Waals surface area contributed by atoms with Crippen molar-refractivity contribution in [3.8, 4) is 0 Å². The van der Waals surface area contributed by atoms with Gasteiger partial charge in [0.05, 0.1) is 11.0 Å². The molecule has 1 aromatic heterocycles. The Hall–Kier alpha value is -1.09. The van der Waals surface area contributed by atoms with E-state index in [1.807, 2.05) is 6.07 Å². The van der Waals surface area contributed by atoms with Crippen LogP contribution in [0.15, 0.2) is 12.1 Å². The number of aromatic nitrogens is 2. The molecule has 0 saturated heterocycles. The van der Waals surface area contributed by atoms with Gasteiger partial charge in [-0.1, -0.05) is 13.8 Å². The van der Waals surface area contributed by atoms with Crippen LogP contribution >= 0.6 is 11.6 Å². The molecule has 0 bridgehead atoms. The van der Waals surface area contributed by atoms with Crippen LogP contribution in [0.1, 0.15) is 44.1 Å². The summed E-state index contributed by atoms with van der Waals surface area (Å²) in [4.78, 5) is 4.56. The van der Waals surface area contributed by atoms with Gasteiger partial charge in [0.25, 0.3) is 0 Å². The molecule has 19 heavy (non-hydrogen) atoms. The Kier molecular flexibility index (Phi) is 4.46. The van der Waals surface area contributed by atoms with Crippen LogP contribution < -0.4 is 0 Å². The quantitative estimate of drug-likeness (QED) is 0.731. The molecule has 0 amide bonds. The number of rotatable bonds is 5. The van der Waals surface area contributed by atoms with Gasteiger partial charge >= 0.3 is 0 Å². The Labute approximate surface area is 118 Å². The zero-order valence-electron chi connectivity index (χ0n) is 11.7. The highest BCUT2D eigenvalue weighted by atomic mass is 35.5. The van der Waals surface area contributed by atoms with Gasteiger partial charge in [0.2, 0.25) is 0 Å². The minimum Gasteiger partial charge on any atom is -0.325 e. The molecule has 2 aromatic rings. The first kappa shape index (κ1) is 14.3. The Morgan fingerprint density at radius 3 is 2.58 bits per heavy atom. The van der Waals surface area contributed by atoms with Crippen LogP contribution in [-0.4, -0.2) is 15.4 Å². The molecule has 0 unspecified atom stereocenters. The van der Waals surface area contributed by atoms with E-state index in [0.29, 0.717) is 23.9 Å². The minimum absolute atomic E-state index is 0.195. The number of alkyl halides is 1. The van der Waals surface area contributed by atoms with Crippen molar-refractivity contribution in [1.29, 1.82) is 0 Å². The minimum atomic E-state index is -0.195. The van der Waals surface area contributed by atoms with Crippen molar-refractivity contribution in [3.63, 3.8) is 0 Å². The predicted molar refractivity (Wildman–Crippen MR) is 78.5 cm³/mol. The molecule has 0 saturated carbocycles. The predicted octanol–water partition coefficient (Wildman–Crippen LogP) is 4.63. The second-order valence-corrected chi connectivity index (χ2v) is 5.28. The molecule has 104 valence electrons. The normalized spacial score (nSPS) is 11.7. The lowest BCUT2D eigenvalue weighted by Crippen LogP contribution is -2.11. The Balaban J connectivity index is 2.68. The summed E-state index contributed by atoms with van der Waals surface area (Å²) in [6, 6.07) is 3.82. The Bertz CT molecular complexity index is 573. The number of hydrogen-bond donors (Lipinski definition) is 0. The van der Waals surface area contributed by atoms with Crippen LogP contribution in [0.25, 0.3) is 11.0 Å². The summed E-state index contributed by atoms with van der Waals surface area (Å²) in [7, 11) is 0. The van der Waals surface area contributed by atoms with Crippen LogP contribution in [0.4, 0.5) is 4.39 Å². The Morgan fingerprint density at radius 2 is 2.00 bits per heavy atom. The molecule has 0 atom stereocenters. The van der Waals surface area contributed by atoms with Gasteiger partial charge in [0.15, 0.2) is 0 Å². The summed E-state index contributed by atoms with van der Waals surface area (Å²) < 4.78 is 15.9. The molecule has 0 spiro atoms. The molecule has 0 aliphatic carbocycles. The summed E-state index contributed by atoms with van der Waals surface area (Å²) in [5.74, 6) is 1.30. The van der Waals surface area contributed by atoms with Crippen molar-refractivity contribution < 1.29 is 4.39 Å². The number of benzene rings is 1. The molecular formula is C15H20ClFN2. The SMILES string of the molecule is CCC(CC)n1c(CCCl)nc2cc(F)c(C)cc21. The van der Waals surface area contributed by atoms with E-state index in [9.17, 15) is 4.39 Å². The fourth-order valence-electron chi connectivity index (χ4n) is 2.59. The lowest BCUT2D eigenvalue weighted by Gasteiger charge is -2.18. The zero-order valence-corrected chi connectivity index (χ0v) is 12.5. The van der Waals surface area contributed by atoms with Gasteiger partial charge in [-0.3, -0.25) is 0 Å². The van der Waals surface area contributed by atoms with Crippen LogP contribution in [0.2, 0.25) is 0 Å². The second kappa shape index (κ2) is 5.91. The number of nitrogens with zero attached hydrogens (tertiary/aromatic N) is 2. The molecule has 2 nitrogen and oxygen atoms in total. The molecule has 0 fully saturated rings. The molecule has 2 rings (SSSR count). The average molecular weight is 283 g/mol. The van der Waals surface area contributed by atoms with E-state index >= 15 is 0 Å². The molecule has 1 aromatic carbocycles. The smallest absolute Gasteiger partial charge is 0.128 e. The van der Waals surface area contributed by atoms with Gasteiger partial charge in [-0.05, 0) is 31.4 Å². The first-order chi connectivity index (χ1) is 9.12. The maximum Gasteiger partial charge on any atom is 0.128 e. The van der Waals surface area contributed by atoms with Crippen LogP contribution in [-0.2, 0) is 6.42 Å². The fourth-order valence-corrected chi connectivity index (χ4v) is 2.76. The summed E-state index contributed by atoms with van der Waals surface area (Å²) in [5.41, 5.74) is 2.42. The van der Waals surface area contributed by atoms with Crippen molar-refractivity contribution in [2.45, 2.75) is 46.1 Å². The third kappa shape index (κ3) is 2.62. The van der Waals surface area contributed by atoms with Gasteiger partial charge in [-0.2, -0.15) is 0 Å². The molecule has 1 heterocycles. The highest BCUT2D eigenvalue weighted by molar-refractivity contribution is 6.17. The van der Waals surface area contributed by atoms with Gasteiger partial charge in [-0.25, -0.2) is 9.37 Å². The third-order valence-corrected chi connectivity index (χ3v) is 3.86. The number of aryl methyl sites for hydroxylation is 2. The highest BCUT2D eigenvalue weighted by Gasteiger charge is 2.17. The van der Waals surface area contributed by atoms with E-state index in [2.05, 4.69) is 23.4 Å². The van der Waals surface area contributed by atoms with Crippen molar-refractivity contribution >= 4 is 22.6 Å². The van der Waals surface area contributed by atoms with E-state index in [-0.39, 0.29) is 5.82 Å². The molecule has 0 radical (unpaired) electrons.